The lowest BCUT2D eigenvalue weighted by Gasteiger charge is -2.18. The third-order valence-electron chi connectivity index (χ3n) is 2.78. The van der Waals surface area contributed by atoms with Crippen molar-refractivity contribution in [1.29, 1.82) is 0 Å². The van der Waals surface area contributed by atoms with E-state index < -0.39 is 23.6 Å². The molecule has 2 rings (SSSR count). The molecule has 0 saturated heterocycles. The summed E-state index contributed by atoms with van der Waals surface area (Å²) in [5.74, 6) is -0.407. The van der Waals surface area contributed by atoms with Crippen molar-refractivity contribution in [1.82, 2.24) is 4.98 Å². The summed E-state index contributed by atoms with van der Waals surface area (Å²) in [5, 5.41) is 13.2. The second-order valence-corrected chi connectivity index (χ2v) is 7.22. The number of benzene rings is 1. The van der Waals surface area contributed by atoms with E-state index in [4.69, 9.17) is 4.74 Å². The zero-order valence-electron chi connectivity index (χ0n) is 13.4. The van der Waals surface area contributed by atoms with Gasteiger partial charge in [-0.15, -0.1) is 0 Å². The Labute approximate surface area is 138 Å². The Morgan fingerprint density at radius 3 is 2.70 bits per heavy atom. The zero-order chi connectivity index (χ0) is 17.2. The van der Waals surface area contributed by atoms with E-state index in [0.717, 1.165) is 16.9 Å². The van der Waals surface area contributed by atoms with Crippen LogP contribution >= 0.6 is 11.3 Å². The lowest BCUT2D eigenvalue weighted by atomic mass is 10.1. The minimum atomic E-state index is -1.00. The highest BCUT2D eigenvalue weighted by Gasteiger charge is 2.19. The summed E-state index contributed by atoms with van der Waals surface area (Å²) in [6.45, 7) is 7.03. The number of nitrogens with zero attached hydrogens (tertiary/aromatic N) is 1. The van der Waals surface area contributed by atoms with Gasteiger partial charge >= 0.3 is 6.09 Å². The third-order valence-corrected chi connectivity index (χ3v) is 3.75. The predicted molar refractivity (Wildman–Crippen MR) is 87.2 cm³/mol. The summed E-state index contributed by atoms with van der Waals surface area (Å²) in [6.07, 6.45) is -0.173. The molecule has 1 heterocycles. The van der Waals surface area contributed by atoms with E-state index in [-0.39, 0.29) is 0 Å². The molecule has 0 aliphatic rings. The molecule has 124 valence electrons. The van der Waals surface area contributed by atoms with Crippen molar-refractivity contribution in [2.45, 2.75) is 39.4 Å². The number of halogens is 1. The van der Waals surface area contributed by atoms with Crippen LogP contribution in [0.2, 0.25) is 0 Å². The molecule has 1 amide bonds. The molecular formula is C16H19FN2O3S. The fourth-order valence-electron chi connectivity index (χ4n) is 1.95. The molecule has 0 radical (unpaired) electrons. The van der Waals surface area contributed by atoms with Crippen LogP contribution in [0.25, 0.3) is 0 Å². The SMILES string of the molecule is Cc1cc(F)cc(C(O)c2cnc(NC(=O)OC(C)(C)C)s2)c1. The summed E-state index contributed by atoms with van der Waals surface area (Å²) in [5.41, 5.74) is 0.550. The summed E-state index contributed by atoms with van der Waals surface area (Å²) < 4.78 is 18.6. The van der Waals surface area contributed by atoms with E-state index in [9.17, 15) is 14.3 Å². The van der Waals surface area contributed by atoms with Crippen molar-refractivity contribution >= 4 is 22.6 Å². The van der Waals surface area contributed by atoms with Gasteiger partial charge in [0.05, 0.1) is 4.88 Å². The minimum Gasteiger partial charge on any atom is -0.444 e. The summed E-state index contributed by atoms with van der Waals surface area (Å²) >= 11 is 1.11. The highest BCUT2D eigenvalue weighted by molar-refractivity contribution is 7.15. The second kappa shape index (κ2) is 6.64. The Morgan fingerprint density at radius 2 is 2.09 bits per heavy atom. The average Bonchev–Trinajstić information content (AvgIpc) is 2.82. The van der Waals surface area contributed by atoms with Crippen molar-refractivity contribution in [3.05, 3.63) is 46.2 Å². The molecule has 0 saturated carbocycles. The van der Waals surface area contributed by atoms with Crippen LogP contribution in [0.5, 0.6) is 0 Å². The molecule has 2 aromatic rings. The smallest absolute Gasteiger partial charge is 0.413 e. The van der Waals surface area contributed by atoms with E-state index in [2.05, 4.69) is 10.3 Å². The largest absolute Gasteiger partial charge is 0.444 e. The summed E-state index contributed by atoms with van der Waals surface area (Å²) in [7, 11) is 0. The van der Waals surface area contributed by atoms with Crippen molar-refractivity contribution in [3.63, 3.8) is 0 Å². The number of aliphatic hydroxyl groups is 1. The number of thiazole rings is 1. The van der Waals surface area contributed by atoms with Gasteiger partial charge in [0.1, 0.15) is 17.5 Å². The number of nitrogens with one attached hydrogen (secondary N) is 1. The number of aromatic nitrogens is 1. The molecule has 1 unspecified atom stereocenters. The fraction of sp³-hybridized carbons (Fsp3) is 0.375. The van der Waals surface area contributed by atoms with Crippen molar-refractivity contribution in [3.8, 4) is 0 Å². The molecule has 1 aromatic carbocycles. The molecule has 5 nitrogen and oxygen atoms in total. The van der Waals surface area contributed by atoms with Crippen LogP contribution in [0.3, 0.4) is 0 Å². The van der Waals surface area contributed by atoms with Crippen LogP contribution in [-0.2, 0) is 4.74 Å². The zero-order valence-corrected chi connectivity index (χ0v) is 14.2. The van der Waals surface area contributed by atoms with Crippen LogP contribution < -0.4 is 5.32 Å². The number of carbonyl (C=O) groups excluding carboxylic acids is 1. The lowest BCUT2D eigenvalue weighted by molar-refractivity contribution is 0.0636. The normalized spacial score (nSPS) is 12.8. The molecule has 23 heavy (non-hydrogen) atoms. The first-order valence-electron chi connectivity index (χ1n) is 7.05. The Hall–Kier alpha value is -1.99. The molecular weight excluding hydrogens is 319 g/mol. The molecule has 1 atom stereocenters. The number of anilines is 1. The van der Waals surface area contributed by atoms with E-state index in [1.54, 1.807) is 33.8 Å². The standard InChI is InChI=1S/C16H19FN2O3S/c1-9-5-10(7-11(17)6-9)13(20)12-8-18-14(23-12)19-15(21)22-16(2,3)4/h5-8,13,20H,1-4H3,(H,18,19,21). The quantitative estimate of drug-likeness (QED) is 0.887. The number of hydrogen-bond acceptors (Lipinski definition) is 5. The van der Waals surface area contributed by atoms with E-state index in [1.807, 2.05) is 0 Å². The molecule has 0 aliphatic heterocycles. The Bertz CT molecular complexity index is 689. The topological polar surface area (TPSA) is 71.5 Å². The van der Waals surface area contributed by atoms with Crippen molar-refractivity contribution in [2.75, 3.05) is 5.32 Å². The molecule has 0 fully saturated rings. The third kappa shape index (κ3) is 5.01. The first-order chi connectivity index (χ1) is 10.6. The van der Waals surface area contributed by atoms with Gasteiger partial charge in [0.2, 0.25) is 0 Å². The molecule has 1 aromatic heterocycles. The van der Waals surface area contributed by atoms with Gasteiger partial charge in [-0.05, 0) is 51.0 Å². The average molecular weight is 338 g/mol. The van der Waals surface area contributed by atoms with Crippen LogP contribution in [-0.4, -0.2) is 21.8 Å². The molecule has 2 N–H and O–H groups in total. The Balaban J connectivity index is 2.10. The first-order valence-corrected chi connectivity index (χ1v) is 7.86. The number of aliphatic hydroxyl groups excluding tert-OH is 1. The number of rotatable bonds is 3. The number of carbonyl (C=O) groups is 1. The van der Waals surface area contributed by atoms with Gasteiger partial charge in [-0.2, -0.15) is 0 Å². The molecule has 0 aliphatic carbocycles. The number of amides is 1. The maximum absolute atomic E-state index is 13.4. The first kappa shape index (κ1) is 17.4. The van der Waals surface area contributed by atoms with Crippen molar-refractivity contribution in [2.24, 2.45) is 0 Å². The van der Waals surface area contributed by atoms with Gasteiger partial charge in [-0.3, -0.25) is 5.32 Å². The summed E-state index contributed by atoms with van der Waals surface area (Å²) in [4.78, 5) is 16.2. The Morgan fingerprint density at radius 1 is 1.39 bits per heavy atom. The molecule has 0 bridgehead atoms. The minimum absolute atomic E-state index is 0.307. The van der Waals surface area contributed by atoms with Crippen molar-refractivity contribution < 1.29 is 19.0 Å². The van der Waals surface area contributed by atoms with Gasteiger partial charge in [-0.25, -0.2) is 14.2 Å². The maximum Gasteiger partial charge on any atom is 0.413 e. The van der Waals surface area contributed by atoms with Crippen LogP contribution in [0.1, 0.15) is 42.9 Å². The van der Waals surface area contributed by atoms with Crippen LogP contribution in [0.4, 0.5) is 14.3 Å². The van der Waals surface area contributed by atoms with E-state index in [0.29, 0.717) is 15.6 Å². The van der Waals surface area contributed by atoms with Crippen LogP contribution in [0.15, 0.2) is 24.4 Å². The highest BCUT2D eigenvalue weighted by atomic mass is 32.1. The second-order valence-electron chi connectivity index (χ2n) is 6.16. The van der Waals surface area contributed by atoms with Gasteiger partial charge < -0.3 is 9.84 Å². The summed E-state index contributed by atoms with van der Waals surface area (Å²) in [6, 6.07) is 4.37. The molecule has 7 heteroatoms. The molecule has 0 spiro atoms. The Kier molecular flexibility index (Phi) is 5.01. The number of aryl methyl sites for hydroxylation is 1. The highest BCUT2D eigenvalue weighted by Crippen LogP contribution is 2.30. The van der Waals surface area contributed by atoms with Gasteiger partial charge in [0, 0.05) is 6.20 Å². The number of ether oxygens (including phenoxy) is 1. The van der Waals surface area contributed by atoms with E-state index in [1.165, 1.54) is 18.3 Å². The van der Waals surface area contributed by atoms with E-state index >= 15 is 0 Å². The maximum atomic E-state index is 13.4. The fourth-order valence-corrected chi connectivity index (χ4v) is 2.76. The monoisotopic (exact) mass is 338 g/mol. The van der Waals surface area contributed by atoms with Crippen LogP contribution in [0, 0.1) is 12.7 Å². The lowest BCUT2D eigenvalue weighted by Crippen LogP contribution is -2.27. The number of hydrogen-bond donors (Lipinski definition) is 2. The predicted octanol–water partition coefficient (Wildman–Crippen LogP) is 4.02. The van der Waals surface area contributed by atoms with Gasteiger partial charge in [0.25, 0.3) is 0 Å². The van der Waals surface area contributed by atoms with Gasteiger partial charge in [0.15, 0.2) is 5.13 Å². The van der Waals surface area contributed by atoms with Gasteiger partial charge in [-0.1, -0.05) is 17.4 Å².